The number of fused-ring (bicyclic) bond motifs is 1. The van der Waals surface area contributed by atoms with Gasteiger partial charge in [0.1, 0.15) is 23.1 Å². The molecule has 1 aliphatic rings. The first-order valence-corrected chi connectivity index (χ1v) is 12.1. The number of ether oxygens (including phenoxy) is 3. The summed E-state index contributed by atoms with van der Waals surface area (Å²) in [4.78, 5) is 22.5. The average molecular weight is 499 g/mol. The van der Waals surface area contributed by atoms with Crippen LogP contribution in [0.5, 0.6) is 17.2 Å². The molecule has 1 aromatic heterocycles. The quantitative estimate of drug-likeness (QED) is 0.391. The van der Waals surface area contributed by atoms with Crippen molar-refractivity contribution in [2.75, 3.05) is 62.6 Å². The summed E-state index contributed by atoms with van der Waals surface area (Å²) in [6.07, 6.45) is 1.83. The lowest BCUT2D eigenvalue weighted by Gasteiger charge is -2.37. The summed E-state index contributed by atoms with van der Waals surface area (Å²) in [5, 5.41) is 4.95. The Bertz CT molecular complexity index is 1380. The van der Waals surface area contributed by atoms with Crippen LogP contribution in [0.2, 0.25) is 0 Å². The number of nitrogens with one attached hydrogen (secondary N) is 1. The number of carbonyl (C=O) groups is 1. The van der Waals surface area contributed by atoms with Gasteiger partial charge in [-0.3, -0.25) is 4.79 Å². The molecule has 4 aromatic rings. The van der Waals surface area contributed by atoms with Crippen LogP contribution >= 0.6 is 0 Å². The number of amides is 1. The molecule has 1 fully saturated rings. The summed E-state index contributed by atoms with van der Waals surface area (Å²) in [6, 6.07) is 21.1. The van der Waals surface area contributed by atoms with E-state index in [9.17, 15) is 4.79 Å². The van der Waals surface area contributed by atoms with E-state index in [1.54, 1.807) is 39.5 Å². The summed E-state index contributed by atoms with van der Waals surface area (Å²) in [6.45, 7) is 3.42. The molecular weight excluding hydrogens is 468 g/mol. The van der Waals surface area contributed by atoms with E-state index < -0.39 is 0 Å². The molecule has 8 heteroatoms. The smallest absolute Gasteiger partial charge is 0.255 e. The molecule has 37 heavy (non-hydrogen) atoms. The molecule has 1 amide bonds. The van der Waals surface area contributed by atoms with Crippen LogP contribution in [0.4, 0.5) is 17.2 Å². The molecule has 0 radical (unpaired) electrons. The second-order valence-electron chi connectivity index (χ2n) is 8.80. The number of hydrogen-bond acceptors (Lipinski definition) is 7. The molecule has 0 saturated carbocycles. The third-order valence-corrected chi connectivity index (χ3v) is 6.63. The van der Waals surface area contributed by atoms with E-state index in [1.807, 2.05) is 42.6 Å². The van der Waals surface area contributed by atoms with Gasteiger partial charge < -0.3 is 29.3 Å². The molecule has 1 aliphatic heterocycles. The van der Waals surface area contributed by atoms with Crippen LogP contribution in [0.1, 0.15) is 10.4 Å². The number of benzene rings is 3. The van der Waals surface area contributed by atoms with E-state index >= 15 is 0 Å². The summed E-state index contributed by atoms with van der Waals surface area (Å²) in [5.41, 5.74) is 2.34. The summed E-state index contributed by atoms with van der Waals surface area (Å²) >= 11 is 0. The van der Waals surface area contributed by atoms with Crippen LogP contribution in [0, 0.1) is 0 Å². The van der Waals surface area contributed by atoms with E-state index in [1.165, 1.54) is 5.69 Å². The lowest BCUT2D eigenvalue weighted by Crippen LogP contribution is -2.46. The molecule has 1 N–H and O–H groups in total. The van der Waals surface area contributed by atoms with E-state index in [0.717, 1.165) is 48.5 Å². The van der Waals surface area contributed by atoms with Crippen molar-refractivity contribution in [1.82, 2.24) is 4.98 Å². The highest BCUT2D eigenvalue weighted by molar-refractivity contribution is 6.07. The van der Waals surface area contributed by atoms with Gasteiger partial charge in [0.25, 0.3) is 5.91 Å². The van der Waals surface area contributed by atoms with Gasteiger partial charge in [-0.05, 0) is 47.9 Å². The third kappa shape index (κ3) is 5.23. The molecule has 1 saturated heterocycles. The van der Waals surface area contributed by atoms with Crippen LogP contribution in [0.3, 0.4) is 0 Å². The molecule has 5 rings (SSSR count). The molecule has 0 bridgehead atoms. The summed E-state index contributed by atoms with van der Waals surface area (Å²) < 4.78 is 15.9. The molecular formula is C29H30N4O4. The number of pyridine rings is 1. The normalized spacial score (nSPS) is 13.4. The second-order valence-corrected chi connectivity index (χ2v) is 8.80. The maximum Gasteiger partial charge on any atom is 0.255 e. The minimum atomic E-state index is -0.212. The van der Waals surface area contributed by atoms with Crippen molar-refractivity contribution in [2.45, 2.75) is 0 Å². The number of anilines is 3. The van der Waals surface area contributed by atoms with Gasteiger partial charge >= 0.3 is 0 Å². The lowest BCUT2D eigenvalue weighted by molar-refractivity contribution is 0.102. The van der Waals surface area contributed by atoms with Crippen LogP contribution in [-0.2, 0) is 0 Å². The number of piperazine rings is 1. The van der Waals surface area contributed by atoms with Gasteiger partial charge in [0.2, 0.25) is 0 Å². The van der Waals surface area contributed by atoms with Gasteiger partial charge in [0.05, 0.1) is 21.3 Å². The van der Waals surface area contributed by atoms with Gasteiger partial charge in [0, 0.05) is 72.9 Å². The Morgan fingerprint density at radius 1 is 0.757 bits per heavy atom. The first-order valence-electron chi connectivity index (χ1n) is 12.1. The molecule has 0 atom stereocenters. The third-order valence-electron chi connectivity index (χ3n) is 6.63. The number of methoxy groups -OCH3 is 3. The number of aromatic nitrogens is 1. The molecule has 3 aromatic carbocycles. The molecule has 2 heterocycles. The fourth-order valence-corrected chi connectivity index (χ4v) is 4.60. The Kier molecular flexibility index (Phi) is 6.98. The van der Waals surface area contributed by atoms with Crippen molar-refractivity contribution in [2.24, 2.45) is 0 Å². The van der Waals surface area contributed by atoms with Gasteiger partial charge in [0.15, 0.2) is 0 Å². The average Bonchev–Trinajstić information content (AvgIpc) is 2.96. The van der Waals surface area contributed by atoms with E-state index in [0.29, 0.717) is 22.7 Å². The van der Waals surface area contributed by atoms with Crippen LogP contribution in [0.25, 0.3) is 10.8 Å². The monoisotopic (exact) mass is 498 g/mol. The van der Waals surface area contributed by atoms with Gasteiger partial charge in [-0.2, -0.15) is 0 Å². The zero-order chi connectivity index (χ0) is 25.8. The summed E-state index contributed by atoms with van der Waals surface area (Å²) in [5.74, 6) is 2.75. The standard InChI is InChI=1S/C29H30N4O4/c1-35-24-8-6-23(7-9-24)32-12-14-33(15-13-32)28-27-16-21(5-4-20(27)10-11-30-28)29(34)31-22-17-25(36-2)19-26(18-22)37-3/h4-11,16-19H,12-15H2,1-3H3,(H,31,34). The lowest BCUT2D eigenvalue weighted by atomic mass is 10.1. The molecule has 190 valence electrons. The highest BCUT2D eigenvalue weighted by atomic mass is 16.5. The van der Waals surface area contributed by atoms with Gasteiger partial charge in [-0.1, -0.05) is 6.07 Å². The Morgan fingerprint density at radius 2 is 1.41 bits per heavy atom. The minimum Gasteiger partial charge on any atom is -0.497 e. The maximum absolute atomic E-state index is 13.1. The highest BCUT2D eigenvalue weighted by Gasteiger charge is 2.21. The van der Waals surface area contributed by atoms with Crippen molar-refractivity contribution in [3.8, 4) is 17.2 Å². The maximum atomic E-state index is 13.1. The first kappa shape index (κ1) is 24.2. The van der Waals surface area contributed by atoms with Gasteiger partial charge in [-0.15, -0.1) is 0 Å². The van der Waals surface area contributed by atoms with E-state index in [-0.39, 0.29) is 5.91 Å². The van der Waals surface area contributed by atoms with E-state index in [2.05, 4.69) is 27.2 Å². The highest BCUT2D eigenvalue weighted by Crippen LogP contribution is 2.29. The zero-order valence-electron chi connectivity index (χ0n) is 21.2. The molecule has 8 nitrogen and oxygen atoms in total. The van der Waals surface area contributed by atoms with Crippen molar-refractivity contribution in [3.05, 3.63) is 78.5 Å². The van der Waals surface area contributed by atoms with Crippen LogP contribution < -0.4 is 29.3 Å². The molecule has 0 spiro atoms. The van der Waals surface area contributed by atoms with Crippen molar-refractivity contribution in [3.63, 3.8) is 0 Å². The van der Waals surface area contributed by atoms with Crippen molar-refractivity contribution < 1.29 is 19.0 Å². The van der Waals surface area contributed by atoms with Gasteiger partial charge in [-0.25, -0.2) is 4.98 Å². The van der Waals surface area contributed by atoms with Crippen LogP contribution in [-0.4, -0.2) is 58.4 Å². The number of nitrogens with zero attached hydrogens (tertiary/aromatic N) is 3. The second kappa shape index (κ2) is 10.7. The zero-order valence-corrected chi connectivity index (χ0v) is 21.2. The summed E-state index contributed by atoms with van der Waals surface area (Å²) in [7, 11) is 4.83. The molecule has 0 aliphatic carbocycles. The fraction of sp³-hybridized carbons (Fsp3) is 0.241. The molecule has 0 unspecified atom stereocenters. The predicted molar refractivity (Wildman–Crippen MR) is 147 cm³/mol. The Labute approximate surface area is 216 Å². The topological polar surface area (TPSA) is 76.2 Å². The fourth-order valence-electron chi connectivity index (χ4n) is 4.60. The number of hydrogen-bond donors (Lipinski definition) is 1. The number of rotatable bonds is 7. The van der Waals surface area contributed by atoms with Crippen molar-refractivity contribution in [1.29, 1.82) is 0 Å². The Hall–Kier alpha value is -4.46. The predicted octanol–water partition coefficient (Wildman–Crippen LogP) is 4.84. The van der Waals surface area contributed by atoms with Crippen LogP contribution in [0.15, 0.2) is 72.9 Å². The Balaban J connectivity index is 1.35. The Morgan fingerprint density at radius 3 is 2.05 bits per heavy atom. The minimum absolute atomic E-state index is 0.212. The SMILES string of the molecule is COc1ccc(N2CCN(c3nccc4ccc(C(=O)Nc5cc(OC)cc(OC)c5)cc34)CC2)cc1. The van der Waals surface area contributed by atoms with Crippen molar-refractivity contribution >= 4 is 33.9 Å². The first-order chi connectivity index (χ1) is 18.1. The largest absolute Gasteiger partial charge is 0.497 e. The number of carbonyl (C=O) groups excluding carboxylic acids is 1. The van der Waals surface area contributed by atoms with E-state index in [4.69, 9.17) is 19.2 Å².